The van der Waals surface area contributed by atoms with E-state index in [1.54, 1.807) is 7.05 Å². The second-order valence-corrected chi connectivity index (χ2v) is 8.74. The largest absolute Gasteiger partial charge is 0.355 e. The summed E-state index contributed by atoms with van der Waals surface area (Å²) in [6.07, 6.45) is 3.69. The minimum atomic E-state index is -0.963. The molecule has 128 valence electrons. The van der Waals surface area contributed by atoms with Crippen LogP contribution >= 0.6 is 11.8 Å². The van der Waals surface area contributed by atoms with Gasteiger partial charge in [0.1, 0.15) is 0 Å². The van der Waals surface area contributed by atoms with E-state index >= 15 is 0 Å². The monoisotopic (exact) mass is 353 g/mol. The second-order valence-electron chi connectivity index (χ2n) is 5.59. The highest BCUT2D eigenvalue weighted by Gasteiger charge is 2.25. The molecule has 1 aromatic carbocycles. The zero-order valence-corrected chi connectivity index (χ0v) is 15.6. The van der Waals surface area contributed by atoms with E-state index in [1.165, 1.54) is 25.0 Å². The molecule has 3 atom stereocenters. The fourth-order valence-electron chi connectivity index (χ4n) is 2.80. The van der Waals surface area contributed by atoms with Crippen LogP contribution in [0.1, 0.15) is 26.2 Å². The highest BCUT2D eigenvalue weighted by atomic mass is 32.2. The van der Waals surface area contributed by atoms with Crippen molar-refractivity contribution in [2.45, 2.75) is 42.4 Å². The van der Waals surface area contributed by atoms with Crippen molar-refractivity contribution in [3.63, 3.8) is 0 Å². The molecule has 0 heterocycles. The first-order valence-electron chi connectivity index (χ1n) is 8.25. The van der Waals surface area contributed by atoms with E-state index in [-0.39, 0.29) is 0 Å². The average Bonchev–Trinajstić information content (AvgIpc) is 3.02. The molecule has 4 nitrogen and oxygen atoms in total. The van der Waals surface area contributed by atoms with Gasteiger partial charge in [-0.15, -0.1) is 0 Å². The van der Waals surface area contributed by atoms with Crippen LogP contribution in [0, 0.1) is 0 Å². The fraction of sp³-hybridized carbons (Fsp3) is 0.588. The molecule has 3 unspecified atom stereocenters. The zero-order valence-electron chi connectivity index (χ0n) is 14.0. The Kier molecular flexibility index (Phi) is 7.95. The van der Waals surface area contributed by atoms with Gasteiger partial charge in [-0.05, 0) is 37.1 Å². The quantitative estimate of drug-likeness (QED) is 0.584. The molecule has 1 saturated carbocycles. The van der Waals surface area contributed by atoms with Crippen LogP contribution in [0.4, 0.5) is 0 Å². The first-order chi connectivity index (χ1) is 11.2. The Morgan fingerprint density at radius 1 is 1.35 bits per heavy atom. The van der Waals surface area contributed by atoms with Crippen LogP contribution < -0.4 is 10.6 Å². The molecule has 0 spiro atoms. The predicted octanol–water partition coefficient (Wildman–Crippen LogP) is 2.63. The van der Waals surface area contributed by atoms with Crippen molar-refractivity contribution in [1.29, 1.82) is 0 Å². The van der Waals surface area contributed by atoms with Gasteiger partial charge in [0.05, 0.1) is 10.8 Å². The highest BCUT2D eigenvalue weighted by molar-refractivity contribution is 7.99. The Balaban J connectivity index is 1.70. The van der Waals surface area contributed by atoms with Gasteiger partial charge in [0, 0.05) is 35.5 Å². The van der Waals surface area contributed by atoms with Crippen molar-refractivity contribution in [1.82, 2.24) is 10.6 Å². The number of aliphatic imine (C=N–C) groups is 1. The summed E-state index contributed by atoms with van der Waals surface area (Å²) in [4.78, 5) is 5.16. The van der Waals surface area contributed by atoms with E-state index in [0.717, 1.165) is 16.1 Å². The normalized spacial score (nSPS) is 22.8. The van der Waals surface area contributed by atoms with Crippen LogP contribution in [-0.4, -0.2) is 46.6 Å². The molecule has 0 radical (unpaired) electrons. The van der Waals surface area contributed by atoms with E-state index in [4.69, 9.17) is 0 Å². The molecule has 6 heteroatoms. The summed E-state index contributed by atoms with van der Waals surface area (Å²) >= 11 is 2.06. The van der Waals surface area contributed by atoms with Crippen molar-refractivity contribution in [3.8, 4) is 0 Å². The standard InChI is InChI=1S/C17H27N3OS2/c1-3-22-15-10-9-14(13-15)20-17(18-2)19-11-12-23(21)16-7-5-4-6-8-16/h4-8,14-15H,3,9-13H2,1-2H3,(H2,18,19,20). The van der Waals surface area contributed by atoms with Gasteiger partial charge in [0.15, 0.2) is 5.96 Å². The lowest BCUT2D eigenvalue weighted by atomic mass is 10.2. The summed E-state index contributed by atoms with van der Waals surface area (Å²) in [5.41, 5.74) is 0. The fourth-order valence-corrected chi connectivity index (χ4v) is 4.92. The molecule has 0 bridgehead atoms. The van der Waals surface area contributed by atoms with Crippen LogP contribution in [0.25, 0.3) is 0 Å². The van der Waals surface area contributed by atoms with E-state index in [0.29, 0.717) is 18.3 Å². The number of hydrogen-bond acceptors (Lipinski definition) is 3. The number of thioether (sulfide) groups is 1. The third-order valence-corrected chi connectivity index (χ3v) is 6.54. The van der Waals surface area contributed by atoms with Crippen LogP contribution in [0.2, 0.25) is 0 Å². The Hall–Kier alpha value is -1.01. The number of rotatable bonds is 7. The maximum Gasteiger partial charge on any atom is 0.191 e. The molecule has 0 aromatic heterocycles. The van der Waals surface area contributed by atoms with Gasteiger partial charge in [-0.25, -0.2) is 0 Å². The van der Waals surface area contributed by atoms with Crippen LogP contribution in [0.3, 0.4) is 0 Å². The summed E-state index contributed by atoms with van der Waals surface area (Å²) in [6.45, 7) is 2.87. The third kappa shape index (κ3) is 6.18. The van der Waals surface area contributed by atoms with Crippen LogP contribution in [0.15, 0.2) is 40.2 Å². The molecule has 1 aliphatic rings. The Morgan fingerprint density at radius 3 is 2.83 bits per heavy atom. The molecule has 1 aliphatic carbocycles. The average molecular weight is 354 g/mol. The molecule has 1 fully saturated rings. The summed E-state index contributed by atoms with van der Waals surface area (Å²) in [5.74, 6) is 2.60. The topological polar surface area (TPSA) is 53.5 Å². The Bertz CT molecular complexity index is 522. The van der Waals surface area contributed by atoms with Gasteiger partial charge >= 0.3 is 0 Å². The van der Waals surface area contributed by atoms with E-state index < -0.39 is 10.8 Å². The number of nitrogens with zero attached hydrogens (tertiary/aromatic N) is 1. The smallest absolute Gasteiger partial charge is 0.191 e. The second kappa shape index (κ2) is 9.98. The lowest BCUT2D eigenvalue weighted by molar-refractivity contribution is 0.617. The first kappa shape index (κ1) is 18.3. The zero-order chi connectivity index (χ0) is 16.5. The minimum absolute atomic E-state index is 0.505. The summed E-state index contributed by atoms with van der Waals surface area (Å²) < 4.78 is 12.2. The number of benzene rings is 1. The number of hydrogen-bond donors (Lipinski definition) is 2. The molecular formula is C17H27N3OS2. The molecule has 0 aliphatic heterocycles. The van der Waals surface area contributed by atoms with Crippen LogP contribution in [0.5, 0.6) is 0 Å². The predicted molar refractivity (Wildman–Crippen MR) is 102 cm³/mol. The minimum Gasteiger partial charge on any atom is -0.355 e. The Morgan fingerprint density at radius 2 is 2.13 bits per heavy atom. The van der Waals surface area contributed by atoms with Gasteiger partial charge in [-0.2, -0.15) is 11.8 Å². The first-order valence-corrected chi connectivity index (χ1v) is 10.6. The van der Waals surface area contributed by atoms with E-state index in [1.807, 2.05) is 30.3 Å². The van der Waals surface area contributed by atoms with Crippen molar-refractivity contribution in [2.24, 2.45) is 4.99 Å². The molecule has 23 heavy (non-hydrogen) atoms. The maximum absolute atomic E-state index is 12.2. The van der Waals surface area contributed by atoms with Crippen molar-refractivity contribution in [3.05, 3.63) is 30.3 Å². The maximum atomic E-state index is 12.2. The highest BCUT2D eigenvalue weighted by Crippen LogP contribution is 2.29. The molecule has 2 rings (SSSR count). The molecular weight excluding hydrogens is 326 g/mol. The Labute approximate surface area is 146 Å². The van der Waals surface area contributed by atoms with Crippen molar-refractivity contribution < 1.29 is 4.21 Å². The molecule has 2 N–H and O–H groups in total. The molecule has 1 aromatic rings. The van der Waals surface area contributed by atoms with Gasteiger partial charge in [0.2, 0.25) is 0 Å². The summed E-state index contributed by atoms with van der Waals surface area (Å²) in [7, 11) is 0.826. The van der Waals surface area contributed by atoms with Gasteiger partial charge < -0.3 is 10.6 Å². The van der Waals surface area contributed by atoms with E-state index in [9.17, 15) is 4.21 Å². The molecule has 0 saturated heterocycles. The van der Waals surface area contributed by atoms with Gasteiger partial charge in [-0.1, -0.05) is 25.1 Å². The van der Waals surface area contributed by atoms with Crippen LogP contribution in [-0.2, 0) is 10.8 Å². The third-order valence-electron chi connectivity index (χ3n) is 3.94. The molecule has 0 amide bonds. The van der Waals surface area contributed by atoms with E-state index in [2.05, 4.69) is 34.3 Å². The lowest BCUT2D eigenvalue weighted by Gasteiger charge is -2.17. The number of nitrogens with one attached hydrogen (secondary N) is 2. The SMILES string of the molecule is CCSC1CCC(NC(=NC)NCCS(=O)c2ccccc2)C1. The van der Waals surface area contributed by atoms with Gasteiger partial charge in [-0.3, -0.25) is 9.20 Å². The summed E-state index contributed by atoms with van der Waals surface area (Å²) in [6, 6.07) is 10.1. The summed E-state index contributed by atoms with van der Waals surface area (Å²) in [5, 5.41) is 7.56. The lowest BCUT2D eigenvalue weighted by Crippen LogP contribution is -2.43. The van der Waals surface area contributed by atoms with Crippen molar-refractivity contribution in [2.75, 3.05) is 25.1 Å². The van der Waals surface area contributed by atoms with Crippen molar-refractivity contribution >= 4 is 28.5 Å². The van der Waals surface area contributed by atoms with Gasteiger partial charge in [0.25, 0.3) is 0 Å². The number of guanidine groups is 1.